The molecule has 0 bridgehead atoms. The van der Waals surface area contributed by atoms with Crippen molar-refractivity contribution < 1.29 is 13.2 Å². The second-order valence-corrected chi connectivity index (χ2v) is 8.31. The number of sulfonamides is 1. The zero-order valence-electron chi connectivity index (χ0n) is 11.8. The van der Waals surface area contributed by atoms with Crippen LogP contribution in [0.5, 0.6) is 0 Å². The molecule has 1 amide bonds. The molecule has 1 heterocycles. The van der Waals surface area contributed by atoms with Gasteiger partial charge < -0.3 is 5.32 Å². The topological polar surface area (TPSA) is 66.5 Å². The van der Waals surface area contributed by atoms with E-state index in [4.69, 9.17) is 0 Å². The van der Waals surface area contributed by atoms with Gasteiger partial charge in [0.25, 0.3) is 5.91 Å². The molecule has 0 atom stereocenters. The van der Waals surface area contributed by atoms with E-state index in [1.54, 1.807) is 0 Å². The van der Waals surface area contributed by atoms with E-state index in [-0.39, 0.29) is 16.8 Å². The fraction of sp³-hybridized carbons (Fsp3) is 0.615. The Labute approximate surface area is 124 Å². The Kier molecular flexibility index (Phi) is 4.82. The summed E-state index contributed by atoms with van der Waals surface area (Å²) in [5, 5.41) is 4.51. The minimum atomic E-state index is -3.46. The first kappa shape index (κ1) is 15.5. The number of nitrogens with one attached hydrogen (secondary N) is 1. The van der Waals surface area contributed by atoms with Gasteiger partial charge in [0.15, 0.2) is 0 Å². The minimum Gasteiger partial charge on any atom is -0.349 e. The zero-order valence-corrected chi connectivity index (χ0v) is 13.4. The first-order chi connectivity index (χ1) is 9.41. The third kappa shape index (κ3) is 3.39. The fourth-order valence-corrected chi connectivity index (χ4v) is 4.35. The lowest BCUT2D eigenvalue weighted by Crippen LogP contribution is -2.35. The average Bonchev–Trinajstić information content (AvgIpc) is 2.90. The molecule has 0 unspecified atom stereocenters. The van der Waals surface area contributed by atoms with Gasteiger partial charge in [-0.2, -0.15) is 0 Å². The summed E-state index contributed by atoms with van der Waals surface area (Å²) >= 11 is 1.17. The van der Waals surface area contributed by atoms with Crippen molar-refractivity contribution in [2.75, 3.05) is 14.1 Å². The lowest BCUT2D eigenvalue weighted by atomic mass is 9.95. The van der Waals surface area contributed by atoms with Gasteiger partial charge in [-0.05, 0) is 18.9 Å². The molecular weight excluding hydrogens is 296 g/mol. The van der Waals surface area contributed by atoms with Crippen LogP contribution >= 0.6 is 11.3 Å². The number of hydrogen-bond acceptors (Lipinski definition) is 4. The third-order valence-corrected chi connectivity index (χ3v) is 6.39. The predicted molar refractivity (Wildman–Crippen MR) is 79.5 cm³/mol. The minimum absolute atomic E-state index is 0.165. The summed E-state index contributed by atoms with van der Waals surface area (Å²) in [6, 6.07) is 1.69. The molecule has 7 heteroatoms. The highest BCUT2D eigenvalue weighted by Gasteiger charge is 2.22. The molecule has 1 saturated carbocycles. The van der Waals surface area contributed by atoms with E-state index in [0.29, 0.717) is 4.88 Å². The molecule has 5 nitrogen and oxygen atoms in total. The first-order valence-electron chi connectivity index (χ1n) is 6.73. The van der Waals surface area contributed by atoms with Gasteiger partial charge in [-0.1, -0.05) is 19.3 Å². The molecule has 1 aliphatic rings. The van der Waals surface area contributed by atoms with Gasteiger partial charge in [0.2, 0.25) is 10.0 Å². The molecule has 0 spiro atoms. The van der Waals surface area contributed by atoms with Crippen molar-refractivity contribution in [3.8, 4) is 0 Å². The van der Waals surface area contributed by atoms with Crippen molar-refractivity contribution in [3.63, 3.8) is 0 Å². The first-order valence-corrected chi connectivity index (χ1v) is 9.05. The average molecular weight is 316 g/mol. The van der Waals surface area contributed by atoms with E-state index in [0.717, 1.165) is 30.0 Å². The Hall–Kier alpha value is -0.920. The number of amides is 1. The number of rotatable bonds is 4. The van der Waals surface area contributed by atoms with E-state index < -0.39 is 10.0 Å². The summed E-state index contributed by atoms with van der Waals surface area (Å²) in [4.78, 5) is 12.8. The summed E-state index contributed by atoms with van der Waals surface area (Å²) in [6.07, 6.45) is 5.56. The monoisotopic (exact) mass is 316 g/mol. The van der Waals surface area contributed by atoms with E-state index in [1.165, 1.54) is 43.3 Å². The second kappa shape index (κ2) is 6.24. The Morgan fingerprint density at radius 2 is 1.95 bits per heavy atom. The van der Waals surface area contributed by atoms with Crippen LogP contribution in [0.25, 0.3) is 0 Å². The van der Waals surface area contributed by atoms with Crippen LogP contribution in [0.4, 0.5) is 0 Å². The molecule has 0 saturated heterocycles. The Bertz CT molecular complexity index is 572. The predicted octanol–water partition coefficient (Wildman–Crippen LogP) is 2.06. The van der Waals surface area contributed by atoms with Crippen LogP contribution in [-0.2, 0) is 10.0 Å². The lowest BCUT2D eigenvalue weighted by Gasteiger charge is -2.22. The van der Waals surface area contributed by atoms with E-state index in [9.17, 15) is 13.2 Å². The number of thiophene rings is 1. The van der Waals surface area contributed by atoms with E-state index >= 15 is 0 Å². The Balaban J connectivity index is 2.06. The summed E-state index contributed by atoms with van der Waals surface area (Å²) in [7, 11) is -0.497. The quantitative estimate of drug-likeness (QED) is 0.924. The van der Waals surface area contributed by atoms with Gasteiger partial charge >= 0.3 is 0 Å². The second-order valence-electron chi connectivity index (χ2n) is 5.24. The molecule has 1 fully saturated rings. The number of carbonyl (C=O) groups is 1. The zero-order chi connectivity index (χ0) is 14.8. The van der Waals surface area contributed by atoms with Crippen LogP contribution in [-0.4, -0.2) is 38.8 Å². The highest BCUT2D eigenvalue weighted by atomic mass is 32.2. The molecule has 1 aromatic rings. The highest BCUT2D eigenvalue weighted by molar-refractivity contribution is 7.89. The van der Waals surface area contributed by atoms with E-state index in [1.807, 2.05) is 0 Å². The normalized spacial score (nSPS) is 17.4. The Morgan fingerprint density at radius 1 is 1.30 bits per heavy atom. The van der Waals surface area contributed by atoms with Crippen LogP contribution in [0.3, 0.4) is 0 Å². The molecule has 0 aliphatic heterocycles. The molecule has 112 valence electrons. The number of carbonyl (C=O) groups excluding carboxylic acids is 1. The molecule has 20 heavy (non-hydrogen) atoms. The van der Waals surface area contributed by atoms with Crippen molar-refractivity contribution in [2.45, 2.75) is 43.0 Å². The fourth-order valence-electron chi connectivity index (χ4n) is 2.29. The van der Waals surface area contributed by atoms with E-state index in [2.05, 4.69) is 5.32 Å². The molecule has 2 rings (SSSR count). The maximum Gasteiger partial charge on any atom is 0.261 e. The molecule has 0 radical (unpaired) electrons. The molecule has 1 N–H and O–H groups in total. The SMILES string of the molecule is CN(C)S(=O)(=O)c1csc(C(=O)NC2CCCCC2)c1. The van der Waals surface area contributed by atoms with Crippen LogP contribution in [0.15, 0.2) is 16.3 Å². The molecular formula is C13H20N2O3S2. The molecule has 0 aromatic carbocycles. The van der Waals surface area contributed by atoms with Gasteiger partial charge in [-0.3, -0.25) is 4.79 Å². The lowest BCUT2D eigenvalue weighted by molar-refractivity contribution is 0.0931. The van der Waals surface area contributed by atoms with Gasteiger partial charge in [0.1, 0.15) is 0 Å². The highest BCUT2D eigenvalue weighted by Crippen LogP contribution is 2.23. The number of hydrogen-bond donors (Lipinski definition) is 1. The van der Waals surface area contributed by atoms with Crippen molar-refractivity contribution in [3.05, 3.63) is 16.3 Å². The summed E-state index contributed by atoms with van der Waals surface area (Å²) in [6.45, 7) is 0. The van der Waals surface area contributed by atoms with Gasteiger partial charge in [-0.15, -0.1) is 11.3 Å². The summed E-state index contributed by atoms with van der Waals surface area (Å²) < 4.78 is 25.1. The van der Waals surface area contributed by atoms with Crippen LogP contribution in [0, 0.1) is 0 Å². The standard InChI is InChI=1S/C13H20N2O3S2/c1-15(2)20(17,18)11-8-12(19-9-11)13(16)14-10-6-4-3-5-7-10/h8-10H,3-7H2,1-2H3,(H,14,16). The summed E-state index contributed by atoms with van der Waals surface area (Å²) in [5.74, 6) is -0.165. The van der Waals surface area contributed by atoms with Crippen LogP contribution in [0.2, 0.25) is 0 Å². The smallest absolute Gasteiger partial charge is 0.261 e. The third-order valence-electron chi connectivity index (χ3n) is 3.52. The van der Waals surface area contributed by atoms with Crippen molar-refractivity contribution in [1.82, 2.24) is 9.62 Å². The Morgan fingerprint density at radius 3 is 2.55 bits per heavy atom. The summed E-state index contributed by atoms with van der Waals surface area (Å²) in [5.41, 5.74) is 0. The van der Waals surface area contributed by atoms with Crippen LogP contribution < -0.4 is 5.32 Å². The maximum absolute atomic E-state index is 12.1. The molecule has 1 aromatic heterocycles. The molecule has 1 aliphatic carbocycles. The van der Waals surface area contributed by atoms with Gasteiger partial charge in [0, 0.05) is 25.5 Å². The van der Waals surface area contributed by atoms with Gasteiger partial charge in [-0.25, -0.2) is 12.7 Å². The largest absolute Gasteiger partial charge is 0.349 e. The van der Waals surface area contributed by atoms with Crippen molar-refractivity contribution in [2.24, 2.45) is 0 Å². The van der Waals surface area contributed by atoms with Gasteiger partial charge in [0.05, 0.1) is 9.77 Å². The van der Waals surface area contributed by atoms with Crippen LogP contribution in [0.1, 0.15) is 41.8 Å². The maximum atomic E-state index is 12.1. The van der Waals surface area contributed by atoms with Crippen molar-refractivity contribution in [1.29, 1.82) is 0 Å². The van der Waals surface area contributed by atoms with Crippen molar-refractivity contribution >= 4 is 27.3 Å². The number of nitrogens with zero attached hydrogens (tertiary/aromatic N) is 1.